The number of carbonyl (C=O) groups is 1. The molecule has 4 heterocycles. The van der Waals surface area contributed by atoms with E-state index in [0.29, 0.717) is 16.5 Å². The number of nitrogens with zero attached hydrogens (tertiary/aromatic N) is 5. The third-order valence-electron chi connectivity index (χ3n) is 3.52. The van der Waals surface area contributed by atoms with Crippen LogP contribution in [-0.2, 0) is 11.2 Å². The minimum absolute atomic E-state index is 0.0466. The van der Waals surface area contributed by atoms with Crippen LogP contribution in [0.25, 0.3) is 21.1 Å². The van der Waals surface area contributed by atoms with Crippen LogP contribution in [0.2, 0.25) is 0 Å². The molecule has 0 unspecified atom stereocenters. The lowest BCUT2D eigenvalue weighted by Crippen LogP contribution is -2.21. The number of hydrogen-bond donors (Lipinski definition) is 1. The van der Waals surface area contributed by atoms with Crippen molar-refractivity contribution >= 4 is 45.0 Å². The zero-order valence-corrected chi connectivity index (χ0v) is 17.1. The summed E-state index contributed by atoms with van der Waals surface area (Å²) in [4.78, 5) is 18.5. The van der Waals surface area contributed by atoms with Gasteiger partial charge in [0.25, 0.3) is 5.91 Å². The lowest BCUT2D eigenvalue weighted by atomic mass is 10.2. The summed E-state index contributed by atoms with van der Waals surface area (Å²) >= 11 is 4.45. The van der Waals surface area contributed by atoms with Gasteiger partial charge in [-0.05, 0) is 29.3 Å². The third kappa shape index (κ3) is 4.21. The molecule has 28 heavy (non-hydrogen) atoms. The Hall–Kier alpha value is -2.76. The number of rotatable bonds is 7. The molecule has 0 saturated heterocycles. The average Bonchev–Trinajstić information content (AvgIpc) is 3.48. The maximum atomic E-state index is 12.1. The number of nitrogens with one attached hydrogen (secondary N) is 1. The minimum atomic E-state index is -0.359. The number of hydrogen-bond acceptors (Lipinski definition) is 10. The van der Waals surface area contributed by atoms with Crippen LogP contribution >= 0.6 is 34.0 Å². The molecule has 0 saturated carbocycles. The number of anilines is 1. The van der Waals surface area contributed by atoms with Crippen molar-refractivity contribution in [3.8, 4) is 27.2 Å². The molecule has 142 valence electrons. The Kier molecular flexibility index (Phi) is 5.65. The molecule has 8 nitrogen and oxygen atoms in total. The topological polar surface area (TPSA) is 103 Å². The first-order valence-corrected chi connectivity index (χ1v) is 10.9. The van der Waals surface area contributed by atoms with Gasteiger partial charge in [0.1, 0.15) is 16.4 Å². The molecule has 0 aliphatic heterocycles. The quantitative estimate of drug-likeness (QED) is 0.476. The van der Waals surface area contributed by atoms with Gasteiger partial charge in [-0.1, -0.05) is 35.5 Å². The third-order valence-corrected chi connectivity index (χ3v) is 6.26. The number of thiophene rings is 2. The van der Waals surface area contributed by atoms with E-state index in [1.165, 1.54) is 11.3 Å². The lowest BCUT2D eigenvalue weighted by Gasteiger charge is -2.07. The van der Waals surface area contributed by atoms with Crippen LogP contribution in [-0.4, -0.2) is 37.9 Å². The Morgan fingerprint density at radius 3 is 2.43 bits per heavy atom. The van der Waals surface area contributed by atoms with E-state index in [1.807, 2.05) is 41.9 Å². The summed E-state index contributed by atoms with van der Waals surface area (Å²) in [6.07, 6.45) is 0.769. The summed E-state index contributed by atoms with van der Waals surface area (Å²) in [5.74, 6) is -0.359. The summed E-state index contributed by atoms with van der Waals surface area (Å²) in [7, 11) is 0. The summed E-state index contributed by atoms with van der Waals surface area (Å²) < 4.78 is 5.45. The van der Waals surface area contributed by atoms with Gasteiger partial charge in [0.05, 0.1) is 9.75 Å². The lowest BCUT2D eigenvalue weighted by molar-refractivity contribution is -0.118. The summed E-state index contributed by atoms with van der Waals surface area (Å²) in [6, 6.07) is 7.87. The van der Waals surface area contributed by atoms with Gasteiger partial charge in [0.2, 0.25) is 5.13 Å². The van der Waals surface area contributed by atoms with Gasteiger partial charge in [-0.15, -0.1) is 38.0 Å². The van der Waals surface area contributed by atoms with Crippen LogP contribution in [0.3, 0.4) is 0 Å². The molecular weight excluding hydrogens is 416 g/mol. The van der Waals surface area contributed by atoms with E-state index in [9.17, 15) is 4.79 Å². The van der Waals surface area contributed by atoms with Gasteiger partial charge >= 0.3 is 6.01 Å². The summed E-state index contributed by atoms with van der Waals surface area (Å²) in [5.41, 5.74) is 1.37. The molecule has 0 atom stereocenters. The van der Waals surface area contributed by atoms with Crippen molar-refractivity contribution in [3.63, 3.8) is 0 Å². The first-order valence-electron chi connectivity index (χ1n) is 8.30. The van der Waals surface area contributed by atoms with Crippen molar-refractivity contribution in [1.29, 1.82) is 0 Å². The smallest absolute Gasteiger partial charge is 0.336 e. The maximum Gasteiger partial charge on any atom is 0.336 e. The van der Waals surface area contributed by atoms with Crippen molar-refractivity contribution in [3.05, 3.63) is 40.0 Å². The molecule has 1 amide bonds. The van der Waals surface area contributed by atoms with Crippen LogP contribution in [0.4, 0.5) is 5.13 Å². The second-order valence-electron chi connectivity index (χ2n) is 5.44. The Bertz CT molecular complexity index is 1060. The zero-order chi connectivity index (χ0) is 19.3. The van der Waals surface area contributed by atoms with E-state index in [2.05, 4.69) is 30.7 Å². The molecule has 0 fully saturated rings. The largest absolute Gasteiger partial charge is 0.452 e. The number of aryl methyl sites for hydroxylation is 1. The molecule has 0 radical (unpaired) electrons. The van der Waals surface area contributed by atoms with Gasteiger partial charge in [0.15, 0.2) is 6.61 Å². The molecule has 0 bridgehead atoms. The highest BCUT2D eigenvalue weighted by Crippen LogP contribution is 2.34. The van der Waals surface area contributed by atoms with Crippen LogP contribution in [0, 0.1) is 0 Å². The van der Waals surface area contributed by atoms with Crippen LogP contribution in [0.1, 0.15) is 11.9 Å². The first-order chi connectivity index (χ1) is 13.7. The number of amides is 1. The van der Waals surface area contributed by atoms with E-state index in [1.54, 1.807) is 22.7 Å². The summed E-state index contributed by atoms with van der Waals surface area (Å²) in [6.45, 7) is 1.73. The molecular formula is C17H14N6O2S3. The van der Waals surface area contributed by atoms with Crippen molar-refractivity contribution in [2.45, 2.75) is 13.3 Å². The fourth-order valence-electron chi connectivity index (χ4n) is 2.27. The van der Waals surface area contributed by atoms with E-state index in [-0.39, 0.29) is 18.5 Å². The number of aromatic nitrogens is 5. The predicted octanol–water partition coefficient (Wildman–Crippen LogP) is 3.76. The minimum Gasteiger partial charge on any atom is -0.452 e. The number of ether oxygens (including phenoxy) is 1. The maximum absolute atomic E-state index is 12.1. The van der Waals surface area contributed by atoms with Crippen molar-refractivity contribution in [2.24, 2.45) is 0 Å². The second kappa shape index (κ2) is 8.50. The SMILES string of the molecule is CCc1nnc(NC(=O)COc2nnc(-c3cccs3)c(-c3cccs3)n2)s1. The highest BCUT2D eigenvalue weighted by Gasteiger charge is 2.16. The monoisotopic (exact) mass is 430 g/mol. The van der Waals surface area contributed by atoms with E-state index in [0.717, 1.165) is 21.2 Å². The molecule has 0 spiro atoms. The van der Waals surface area contributed by atoms with Gasteiger partial charge in [-0.3, -0.25) is 10.1 Å². The molecule has 0 aromatic carbocycles. The highest BCUT2D eigenvalue weighted by molar-refractivity contribution is 7.15. The predicted molar refractivity (Wildman–Crippen MR) is 110 cm³/mol. The molecule has 0 aliphatic rings. The van der Waals surface area contributed by atoms with E-state index < -0.39 is 0 Å². The fraction of sp³-hybridized carbons (Fsp3) is 0.176. The molecule has 0 aliphatic carbocycles. The summed E-state index contributed by atoms with van der Waals surface area (Å²) in [5, 5.41) is 24.1. The zero-order valence-electron chi connectivity index (χ0n) is 14.7. The van der Waals surface area contributed by atoms with Gasteiger partial charge in [-0.2, -0.15) is 4.98 Å². The van der Waals surface area contributed by atoms with E-state index >= 15 is 0 Å². The van der Waals surface area contributed by atoms with Crippen LogP contribution < -0.4 is 10.1 Å². The van der Waals surface area contributed by atoms with Gasteiger partial charge in [0, 0.05) is 0 Å². The Morgan fingerprint density at radius 1 is 1.04 bits per heavy atom. The highest BCUT2D eigenvalue weighted by atomic mass is 32.1. The van der Waals surface area contributed by atoms with Gasteiger partial charge in [-0.25, -0.2) is 0 Å². The Balaban J connectivity index is 1.49. The standard InChI is InChI=1S/C17H14N6O2S3/c1-2-13-20-23-17(28-13)18-12(24)9-25-16-19-14(10-5-3-7-26-10)15(21-22-16)11-6-4-8-27-11/h3-8H,2,9H2,1H3,(H,18,23,24). The van der Waals surface area contributed by atoms with Crippen molar-refractivity contribution in [1.82, 2.24) is 25.4 Å². The van der Waals surface area contributed by atoms with Crippen molar-refractivity contribution < 1.29 is 9.53 Å². The fourth-order valence-corrected chi connectivity index (χ4v) is 4.39. The second-order valence-corrected chi connectivity index (χ2v) is 8.40. The first kappa shape index (κ1) is 18.6. The van der Waals surface area contributed by atoms with Crippen LogP contribution in [0.5, 0.6) is 6.01 Å². The van der Waals surface area contributed by atoms with Crippen molar-refractivity contribution in [2.75, 3.05) is 11.9 Å². The Morgan fingerprint density at radius 2 is 1.79 bits per heavy atom. The molecule has 1 N–H and O–H groups in total. The van der Waals surface area contributed by atoms with E-state index in [4.69, 9.17) is 4.74 Å². The Labute approximate surface area is 172 Å². The number of carbonyl (C=O) groups excluding carboxylic acids is 1. The molecule has 11 heteroatoms. The molecule has 4 aromatic rings. The van der Waals surface area contributed by atoms with Crippen LogP contribution in [0.15, 0.2) is 35.0 Å². The van der Waals surface area contributed by atoms with Gasteiger partial charge < -0.3 is 4.74 Å². The molecule has 4 aromatic heterocycles. The normalized spacial score (nSPS) is 10.8. The molecule has 4 rings (SSSR count). The average molecular weight is 431 g/mol.